The third-order valence-corrected chi connectivity index (χ3v) is 2.39. The van der Waals surface area contributed by atoms with E-state index in [1.54, 1.807) is 25.1 Å². The fraction of sp³-hybridized carbons (Fsp3) is 0.455. The van der Waals surface area contributed by atoms with Gasteiger partial charge in [-0.15, -0.1) is 0 Å². The SMILES string of the molecule is CCOc1ccc(C(O)C(C)N)cc1Cl. The number of hydrogen-bond acceptors (Lipinski definition) is 3. The largest absolute Gasteiger partial charge is 0.492 e. The molecule has 3 N–H and O–H groups in total. The van der Waals surface area contributed by atoms with Gasteiger partial charge in [-0.2, -0.15) is 0 Å². The maximum atomic E-state index is 9.72. The van der Waals surface area contributed by atoms with Crippen LogP contribution in [0.25, 0.3) is 0 Å². The van der Waals surface area contributed by atoms with E-state index in [0.29, 0.717) is 22.9 Å². The number of aliphatic hydroxyl groups is 1. The van der Waals surface area contributed by atoms with Crippen molar-refractivity contribution < 1.29 is 9.84 Å². The quantitative estimate of drug-likeness (QED) is 0.832. The summed E-state index contributed by atoms with van der Waals surface area (Å²) in [6.07, 6.45) is -0.696. The van der Waals surface area contributed by atoms with Gasteiger partial charge in [-0.3, -0.25) is 0 Å². The number of halogens is 1. The standard InChI is InChI=1S/C11H16ClNO2/c1-3-15-10-5-4-8(6-9(10)12)11(14)7(2)13/h4-7,11,14H,3,13H2,1-2H3. The molecule has 0 aliphatic carbocycles. The lowest BCUT2D eigenvalue weighted by atomic mass is 10.0. The zero-order valence-electron chi connectivity index (χ0n) is 8.90. The maximum absolute atomic E-state index is 9.72. The molecule has 15 heavy (non-hydrogen) atoms. The summed E-state index contributed by atoms with van der Waals surface area (Å²) < 4.78 is 5.29. The Hall–Kier alpha value is -0.770. The summed E-state index contributed by atoms with van der Waals surface area (Å²) in [5.41, 5.74) is 6.30. The minimum atomic E-state index is -0.696. The molecule has 0 amide bonds. The van der Waals surface area contributed by atoms with Crippen molar-refractivity contribution in [3.05, 3.63) is 28.8 Å². The van der Waals surface area contributed by atoms with Gasteiger partial charge < -0.3 is 15.6 Å². The molecule has 0 saturated carbocycles. The highest BCUT2D eigenvalue weighted by Crippen LogP contribution is 2.28. The summed E-state index contributed by atoms with van der Waals surface area (Å²) in [6.45, 7) is 4.20. The van der Waals surface area contributed by atoms with Crippen LogP contribution in [-0.2, 0) is 0 Å². The fourth-order valence-corrected chi connectivity index (χ4v) is 1.52. The molecule has 0 bridgehead atoms. The Kier molecular flexibility index (Phi) is 4.39. The topological polar surface area (TPSA) is 55.5 Å². The van der Waals surface area contributed by atoms with Crippen LogP contribution < -0.4 is 10.5 Å². The van der Waals surface area contributed by atoms with Gasteiger partial charge in [-0.25, -0.2) is 0 Å². The summed E-state index contributed by atoms with van der Waals surface area (Å²) in [6, 6.07) is 4.87. The third kappa shape index (κ3) is 3.09. The Bertz CT molecular complexity index is 328. The third-order valence-electron chi connectivity index (χ3n) is 2.10. The molecule has 0 aromatic heterocycles. The number of hydrogen-bond donors (Lipinski definition) is 2. The van der Waals surface area contributed by atoms with Crippen LogP contribution in [0, 0.1) is 0 Å². The van der Waals surface area contributed by atoms with Crippen LogP contribution in [0.4, 0.5) is 0 Å². The van der Waals surface area contributed by atoms with Crippen LogP contribution in [0.1, 0.15) is 25.5 Å². The molecule has 0 spiro atoms. The molecule has 2 atom stereocenters. The zero-order valence-corrected chi connectivity index (χ0v) is 9.66. The first-order chi connectivity index (χ1) is 7.06. The average molecular weight is 230 g/mol. The summed E-state index contributed by atoms with van der Waals surface area (Å²) in [7, 11) is 0. The summed E-state index contributed by atoms with van der Waals surface area (Å²) >= 11 is 5.98. The number of rotatable bonds is 4. The van der Waals surface area contributed by atoms with Crippen molar-refractivity contribution in [2.75, 3.05) is 6.61 Å². The van der Waals surface area contributed by atoms with Gasteiger partial charge in [0.05, 0.1) is 17.7 Å². The molecule has 3 nitrogen and oxygen atoms in total. The lowest BCUT2D eigenvalue weighted by molar-refractivity contribution is 0.153. The fourth-order valence-electron chi connectivity index (χ4n) is 1.28. The van der Waals surface area contributed by atoms with Gasteiger partial charge >= 0.3 is 0 Å². The minimum absolute atomic E-state index is 0.320. The van der Waals surface area contributed by atoms with Crippen molar-refractivity contribution in [2.24, 2.45) is 5.73 Å². The normalized spacial score (nSPS) is 14.7. The van der Waals surface area contributed by atoms with Crippen molar-refractivity contribution >= 4 is 11.6 Å². The number of nitrogens with two attached hydrogens (primary N) is 1. The van der Waals surface area contributed by atoms with E-state index < -0.39 is 6.10 Å². The predicted molar refractivity (Wildman–Crippen MR) is 61.2 cm³/mol. The summed E-state index contributed by atoms with van der Waals surface area (Å²) in [4.78, 5) is 0. The van der Waals surface area contributed by atoms with Crippen molar-refractivity contribution in [3.8, 4) is 5.75 Å². The van der Waals surface area contributed by atoms with Crippen LogP contribution >= 0.6 is 11.6 Å². The number of ether oxygens (including phenoxy) is 1. The van der Waals surface area contributed by atoms with Gasteiger partial charge in [0.25, 0.3) is 0 Å². The molecule has 0 aliphatic heterocycles. The predicted octanol–water partition coefficient (Wildman–Crippen LogP) is 2.12. The van der Waals surface area contributed by atoms with E-state index in [1.807, 2.05) is 6.92 Å². The molecule has 0 radical (unpaired) electrons. The van der Waals surface area contributed by atoms with E-state index in [2.05, 4.69) is 0 Å². The molecule has 0 heterocycles. The molecule has 84 valence electrons. The van der Waals surface area contributed by atoms with Crippen molar-refractivity contribution in [1.29, 1.82) is 0 Å². The molecule has 0 saturated heterocycles. The average Bonchev–Trinajstić information content (AvgIpc) is 2.20. The smallest absolute Gasteiger partial charge is 0.137 e. The molecule has 1 aromatic carbocycles. The van der Waals surface area contributed by atoms with Crippen LogP contribution in [0.3, 0.4) is 0 Å². The molecular formula is C11H16ClNO2. The molecule has 1 rings (SSSR count). The van der Waals surface area contributed by atoms with E-state index in [0.717, 1.165) is 0 Å². The van der Waals surface area contributed by atoms with Crippen molar-refractivity contribution in [1.82, 2.24) is 0 Å². The summed E-state index contributed by atoms with van der Waals surface area (Å²) in [5, 5.41) is 10.2. The second-order valence-corrected chi connectivity index (χ2v) is 3.83. The van der Waals surface area contributed by atoms with Gasteiger partial charge in [0.2, 0.25) is 0 Å². The summed E-state index contributed by atoms with van der Waals surface area (Å²) in [5.74, 6) is 0.625. The van der Waals surface area contributed by atoms with Crippen LogP contribution in [0.5, 0.6) is 5.75 Å². The first-order valence-electron chi connectivity index (χ1n) is 4.92. The van der Waals surface area contributed by atoms with E-state index in [4.69, 9.17) is 22.1 Å². The van der Waals surface area contributed by atoms with Crippen LogP contribution in [0.2, 0.25) is 5.02 Å². The Morgan fingerprint density at radius 2 is 2.20 bits per heavy atom. The van der Waals surface area contributed by atoms with Gasteiger partial charge in [-0.05, 0) is 31.5 Å². The molecule has 0 aliphatic rings. The molecule has 1 aromatic rings. The highest BCUT2D eigenvalue weighted by Gasteiger charge is 2.13. The maximum Gasteiger partial charge on any atom is 0.137 e. The Labute approximate surface area is 94.8 Å². The monoisotopic (exact) mass is 229 g/mol. The first kappa shape index (κ1) is 12.3. The number of aliphatic hydroxyl groups excluding tert-OH is 1. The van der Waals surface area contributed by atoms with E-state index in [-0.39, 0.29) is 6.04 Å². The lowest BCUT2D eigenvalue weighted by Crippen LogP contribution is -2.24. The van der Waals surface area contributed by atoms with Gasteiger partial charge in [0.15, 0.2) is 0 Å². The van der Waals surface area contributed by atoms with Gasteiger partial charge in [-0.1, -0.05) is 17.7 Å². The second-order valence-electron chi connectivity index (χ2n) is 3.43. The van der Waals surface area contributed by atoms with Crippen molar-refractivity contribution in [2.45, 2.75) is 26.0 Å². The molecule has 0 fully saturated rings. The molecule has 4 heteroatoms. The Morgan fingerprint density at radius 3 is 2.67 bits per heavy atom. The van der Waals surface area contributed by atoms with E-state index in [1.165, 1.54) is 0 Å². The molecular weight excluding hydrogens is 214 g/mol. The lowest BCUT2D eigenvalue weighted by Gasteiger charge is -2.16. The van der Waals surface area contributed by atoms with Crippen molar-refractivity contribution in [3.63, 3.8) is 0 Å². The first-order valence-corrected chi connectivity index (χ1v) is 5.30. The van der Waals surface area contributed by atoms with E-state index in [9.17, 15) is 5.11 Å². The number of benzene rings is 1. The van der Waals surface area contributed by atoms with Crippen LogP contribution in [-0.4, -0.2) is 17.8 Å². The molecule has 2 unspecified atom stereocenters. The van der Waals surface area contributed by atoms with E-state index >= 15 is 0 Å². The van der Waals surface area contributed by atoms with Gasteiger partial charge in [0, 0.05) is 6.04 Å². The minimum Gasteiger partial charge on any atom is -0.492 e. The second kappa shape index (κ2) is 5.35. The van der Waals surface area contributed by atoms with Gasteiger partial charge in [0.1, 0.15) is 5.75 Å². The highest BCUT2D eigenvalue weighted by molar-refractivity contribution is 6.32. The Balaban J connectivity index is 2.90. The Morgan fingerprint density at radius 1 is 1.53 bits per heavy atom. The zero-order chi connectivity index (χ0) is 11.4. The van der Waals surface area contributed by atoms with Crippen LogP contribution in [0.15, 0.2) is 18.2 Å². The highest BCUT2D eigenvalue weighted by atomic mass is 35.5.